The van der Waals surface area contributed by atoms with Crippen molar-refractivity contribution in [2.45, 2.75) is 18.9 Å². The maximum atomic E-state index is 13.6. The summed E-state index contributed by atoms with van der Waals surface area (Å²) in [5.74, 6) is 0.745. The first-order valence-electron chi connectivity index (χ1n) is 9.40. The van der Waals surface area contributed by atoms with Crippen LogP contribution in [0.4, 0.5) is 10.3 Å². The number of aromatic hydroxyl groups is 1. The van der Waals surface area contributed by atoms with Gasteiger partial charge in [-0.2, -0.15) is 4.39 Å². The lowest BCUT2D eigenvalue weighted by Crippen LogP contribution is -2.52. The largest absolute Gasteiger partial charge is 0.507 e. The van der Waals surface area contributed by atoms with Crippen LogP contribution >= 0.6 is 24.8 Å². The number of H-pyrrole nitrogens is 1. The van der Waals surface area contributed by atoms with Crippen LogP contribution in [0, 0.1) is 11.9 Å². The molecule has 30 heavy (non-hydrogen) atoms. The van der Waals surface area contributed by atoms with E-state index in [0.717, 1.165) is 25.6 Å². The minimum absolute atomic E-state index is 0. The van der Waals surface area contributed by atoms with Gasteiger partial charge in [-0.1, -0.05) is 6.07 Å². The van der Waals surface area contributed by atoms with Crippen molar-refractivity contribution in [2.24, 2.45) is 5.92 Å². The van der Waals surface area contributed by atoms with E-state index in [1.807, 2.05) is 0 Å². The average molecular weight is 454 g/mol. The van der Waals surface area contributed by atoms with Gasteiger partial charge in [-0.15, -0.1) is 40.1 Å². The van der Waals surface area contributed by atoms with Crippen LogP contribution in [-0.2, 0) is 0 Å². The molecule has 0 unspecified atom stereocenters. The Morgan fingerprint density at radius 1 is 1.13 bits per heavy atom. The number of halogens is 3. The zero-order chi connectivity index (χ0) is 19.1. The van der Waals surface area contributed by atoms with Crippen molar-refractivity contribution in [1.29, 1.82) is 0 Å². The number of nitrogens with one attached hydrogen (secondary N) is 2. The van der Waals surface area contributed by atoms with Crippen LogP contribution in [0.3, 0.4) is 0 Å². The third-order valence-electron chi connectivity index (χ3n) is 5.41. The number of anilines is 1. The predicted octanol–water partition coefficient (Wildman–Crippen LogP) is 2.81. The van der Waals surface area contributed by atoms with Gasteiger partial charge in [-0.05, 0) is 36.5 Å². The lowest BCUT2D eigenvalue weighted by molar-refractivity contribution is 0.414. The molecule has 2 fully saturated rings. The van der Waals surface area contributed by atoms with Gasteiger partial charge >= 0.3 is 0 Å². The number of hydrogen-bond acceptors (Lipinski definition) is 7. The second kappa shape index (κ2) is 9.11. The van der Waals surface area contributed by atoms with Gasteiger partial charge in [0.2, 0.25) is 11.9 Å². The molecule has 0 radical (unpaired) electrons. The van der Waals surface area contributed by atoms with Crippen LogP contribution in [0.2, 0.25) is 0 Å². The van der Waals surface area contributed by atoms with Crippen molar-refractivity contribution in [3.63, 3.8) is 0 Å². The van der Waals surface area contributed by atoms with E-state index in [1.54, 1.807) is 18.3 Å². The Morgan fingerprint density at radius 2 is 1.97 bits per heavy atom. The summed E-state index contributed by atoms with van der Waals surface area (Å²) in [7, 11) is 0. The van der Waals surface area contributed by atoms with Gasteiger partial charge in [0, 0.05) is 37.4 Å². The van der Waals surface area contributed by atoms with Gasteiger partial charge in [0.25, 0.3) is 0 Å². The van der Waals surface area contributed by atoms with Crippen molar-refractivity contribution in [3.05, 3.63) is 36.5 Å². The molecule has 3 aromatic rings. The molecule has 1 aromatic carbocycles. The highest BCUT2D eigenvalue weighted by Crippen LogP contribution is 2.35. The molecule has 5 rings (SSSR count). The summed E-state index contributed by atoms with van der Waals surface area (Å²) < 4.78 is 13.6. The minimum atomic E-state index is -0.613. The molecular formula is C19H22Cl2FN7O. The predicted molar refractivity (Wildman–Crippen MR) is 116 cm³/mol. The van der Waals surface area contributed by atoms with Crippen LogP contribution in [0.25, 0.3) is 22.4 Å². The van der Waals surface area contributed by atoms with Gasteiger partial charge in [0.15, 0.2) is 0 Å². The highest BCUT2D eigenvalue weighted by molar-refractivity contribution is 5.85. The first-order chi connectivity index (χ1) is 13.7. The number of nitrogens with zero attached hydrogens (tertiary/aromatic N) is 5. The number of aromatic amines is 1. The molecule has 1 aliphatic carbocycles. The summed E-state index contributed by atoms with van der Waals surface area (Å²) in [5.41, 5.74) is 1.78. The van der Waals surface area contributed by atoms with Crippen LogP contribution in [0.5, 0.6) is 5.75 Å². The van der Waals surface area contributed by atoms with Gasteiger partial charge in [-0.3, -0.25) is 5.10 Å². The zero-order valence-electron chi connectivity index (χ0n) is 16.0. The topological polar surface area (TPSA) is 103 Å². The number of rotatable bonds is 4. The van der Waals surface area contributed by atoms with Gasteiger partial charge in [0.05, 0.1) is 11.8 Å². The maximum Gasteiger partial charge on any atom is 0.245 e. The molecule has 1 saturated heterocycles. The summed E-state index contributed by atoms with van der Waals surface area (Å²) in [6.45, 7) is 2.65. The number of piperazine rings is 1. The third kappa shape index (κ3) is 4.33. The van der Waals surface area contributed by atoms with E-state index < -0.39 is 5.95 Å². The molecule has 8 nitrogen and oxygen atoms in total. The summed E-state index contributed by atoms with van der Waals surface area (Å²) >= 11 is 0. The average Bonchev–Trinajstić information content (AvgIpc) is 3.49. The van der Waals surface area contributed by atoms with Crippen molar-refractivity contribution < 1.29 is 9.50 Å². The molecule has 1 saturated carbocycles. The normalized spacial score (nSPS) is 18.4. The van der Waals surface area contributed by atoms with Crippen LogP contribution < -0.4 is 10.2 Å². The molecule has 0 amide bonds. The maximum absolute atomic E-state index is 13.6. The SMILES string of the molecule is Cl.Cl.Oc1cc(-c2c[nH]nc2F)ccc1-c1cnc(N2CCN[C@H](C3CC3)C2)nn1. The molecule has 0 bridgehead atoms. The molecular weight excluding hydrogens is 432 g/mol. The lowest BCUT2D eigenvalue weighted by Gasteiger charge is -2.33. The number of phenols is 1. The smallest absolute Gasteiger partial charge is 0.245 e. The second-order valence-electron chi connectivity index (χ2n) is 7.31. The molecule has 2 aromatic heterocycles. The fourth-order valence-electron chi connectivity index (χ4n) is 3.70. The lowest BCUT2D eigenvalue weighted by atomic mass is 10.0. The first-order valence-corrected chi connectivity index (χ1v) is 9.40. The Hall–Kier alpha value is -2.49. The summed E-state index contributed by atoms with van der Waals surface area (Å²) in [5, 5.41) is 28.4. The third-order valence-corrected chi connectivity index (χ3v) is 5.41. The molecule has 0 spiro atoms. The van der Waals surface area contributed by atoms with E-state index >= 15 is 0 Å². The summed E-state index contributed by atoms with van der Waals surface area (Å²) in [4.78, 5) is 6.61. The van der Waals surface area contributed by atoms with E-state index in [1.165, 1.54) is 25.1 Å². The number of aromatic nitrogens is 5. The fraction of sp³-hybridized carbons (Fsp3) is 0.368. The quantitative estimate of drug-likeness (QED) is 0.557. The fourth-order valence-corrected chi connectivity index (χ4v) is 3.70. The molecule has 160 valence electrons. The van der Waals surface area contributed by atoms with Crippen LogP contribution in [0.1, 0.15) is 12.8 Å². The van der Waals surface area contributed by atoms with E-state index in [4.69, 9.17) is 0 Å². The molecule has 1 atom stereocenters. The number of benzene rings is 1. The van der Waals surface area contributed by atoms with E-state index in [9.17, 15) is 9.50 Å². The Morgan fingerprint density at radius 3 is 2.60 bits per heavy atom. The Labute approximate surface area is 185 Å². The van der Waals surface area contributed by atoms with E-state index in [2.05, 4.69) is 35.6 Å². The number of hydrogen-bond donors (Lipinski definition) is 3. The number of phenolic OH excluding ortho intramolecular Hbond substituents is 1. The Balaban J connectivity index is 0.00000128. The Kier molecular flexibility index (Phi) is 6.74. The standard InChI is InChI=1S/C19H20FN7O.2ClH/c20-18-14(8-23-25-18)12-3-4-13(17(28)7-12)15-9-22-19(26-24-15)27-6-5-21-16(10-27)11-1-2-11;;/h3-4,7-9,11,16,21,28H,1-2,5-6,10H2,(H,23,25);2*1H/t16-;;/m0../s1. The second-order valence-corrected chi connectivity index (χ2v) is 7.31. The van der Waals surface area contributed by atoms with Crippen molar-refractivity contribution in [3.8, 4) is 28.1 Å². The van der Waals surface area contributed by atoms with Crippen molar-refractivity contribution in [2.75, 3.05) is 24.5 Å². The van der Waals surface area contributed by atoms with Gasteiger partial charge in [-0.25, -0.2) is 4.98 Å². The van der Waals surface area contributed by atoms with Crippen LogP contribution in [-0.4, -0.2) is 56.2 Å². The van der Waals surface area contributed by atoms with E-state index in [0.29, 0.717) is 34.4 Å². The summed E-state index contributed by atoms with van der Waals surface area (Å²) in [6.07, 6.45) is 5.65. The Bertz CT molecular complexity index is 997. The van der Waals surface area contributed by atoms with Gasteiger partial charge in [0.1, 0.15) is 11.4 Å². The molecule has 2 aliphatic rings. The zero-order valence-corrected chi connectivity index (χ0v) is 17.6. The summed E-state index contributed by atoms with van der Waals surface area (Å²) in [6, 6.07) is 5.36. The highest BCUT2D eigenvalue weighted by atomic mass is 35.5. The van der Waals surface area contributed by atoms with Crippen molar-refractivity contribution in [1.82, 2.24) is 30.7 Å². The molecule has 11 heteroatoms. The van der Waals surface area contributed by atoms with Crippen molar-refractivity contribution >= 4 is 30.8 Å². The van der Waals surface area contributed by atoms with Gasteiger partial charge < -0.3 is 15.3 Å². The molecule has 1 aliphatic heterocycles. The molecule has 3 N–H and O–H groups in total. The van der Waals surface area contributed by atoms with E-state index in [-0.39, 0.29) is 30.6 Å². The monoisotopic (exact) mass is 453 g/mol. The first kappa shape index (κ1) is 22.2. The van der Waals surface area contributed by atoms with Crippen LogP contribution in [0.15, 0.2) is 30.6 Å². The minimum Gasteiger partial charge on any atom is -0.507 e. The highest BCUT2D eigenvalue weighted by Gasteiger charge is 2.34. The molecule has 3 heterocycles.